The van der Waals surface area contributed by atoms with Crippen molar-refractivity contribution in [2.45, 2.75) is 19.3 Å². The van der Waals surface area contributed by atoms with Crippen LogP contribution in [0.5, 0.6) is 11.5 Å². The van der Waals surface area contributed by atoms with E-state index >= 15 is 0 Å². The number of carbonyl (C=O) groups excluding carboxylic acids is 1. The third kappa shape index (κ3) is 2.07. The number of fused-ring (bicyclic) bond motifs is 1. The molecule has 19 heavy (non-hydrogen) atoms. The molecule has 0 radical (unpaired) electrons. The van der Waals surface area contributed by atoms with Crippen molar-refractivity contribution in [2.75, 3.05) is 0 Å². The first-order chi connectivity index (χ1) is 9.15. The minimum Gasteiger partial charge on any atom is -0.504 e. The molecule has 0 fully saturated rings. The summed E-state index contributed by atoms with van der Waals surface area (Å²) in [6.45, 7) is 0. The Balaban J connectivity index is 1.89. The SMILES string of the molecule is O=C1c2cc(O)c(O)cc2CCC1Cc1cnc[nH]1. The second-order valence-electron chi connectivity index (χ2n) is 4.88. The lowest BCUT2D eigenvalue weighted by molar-refractivity contribution is 0.0900. The Labute approximate surface area is 109 Å². The lowest BCUT2D eigenvalue weighted by Gasteiger charge is -2.23. The van der Waals surface area contributed by atoms with E-state index in [0.717, 1.165) is 24.1 Å². The molecule has 1 atom stereocenters. The molecule has 0 bridgehead atoms. The zero-order valence-corrected chi connectivity index (χ0v) is 10.3. The molecular formula is C14H14N2O3. The fraction of sp³-hybridized carbons (Fsp3) is 0.286. The maximum atomic E-state index is 12.4. The number of imidazole rings is 1. The molecule has 1 unspecified atom stereocenters. The highest BCUT2D eigenvalue weighted by atomic mass is 16.3. The van der Waals surface area contributed by atoms with Gasteiger partial charge in [-0.1, -0.05) is 0 Å². The summed E-state index contributed by atoms with van der Waals surface area (Å²) in [6.07, 6.45) is 5.42. The average Bonchev–Trinajstić information content (AvgIpc) is 2.88. The number of carbonyl (C=O) groups is 1. The van der Waals surface area contributed by atoms with Crippen molar-refractivity contribution >= 4 is 5.78 Å². The minimum absolute atomic E-state index is 0.0196. The Morgan fingerprint density at radius 3 is 2.84 bits per heavy atom. The van der Waals surface area contributed by atoms with Gasteiger partial charge < -0.3 is 15.2 Å². The molecular weight excluding hydrogens is 244 g/mol. The van der Waals surface area contributed by atoms with Gasteiger partial charge in [-0.25, -0.2) is 4.98 Å². The molecule has 0 saturated carbocycles. The molecule has 98 valence electrons. The average molecular weight is 258 g/mol. The molecule has 1 aliphatic rings. The molecule has 3 N–H and O–H groups in total. The van der Waals surface area contributed by atoms with Gasteiger partial charge in [-0.05, 0) is 37.0 Å². The molecule has 0 spiro atoms. The second kappa shape index (κ2) is 4.42. The third-order valence-electron chi connectivity index (χ3n) is 3.62. The van der Waals surface area contributed by atoms with Gasteiger partial charge in [0.25, 0.3) is 0 Å². The zero-order valence-electron chi connectivity index (χ0n) is 10.3. The van der Waals surface area contributed by atoms with Gasteiger partial charge in [-0.3, -0.25) is 4.79 Å². The van der Waals surface area contributed by atoms with Gasteiger partial charge >= 0.3 is 0 Å². The maximum absolute atomic E-state index is 12.4. The molecule has 1 heterocycles. The summed E-state index contributed by atoms with van der Waals surface area (Å²) in [5.74, 6) is -0.490. The van der Waals surface area contributed by atoms with Crippen LogP contribution in [0.25, 0.3) is 0 Å². The highest BCUT2D eigenvalue weighted by Crippen LogP contribution is 2.34. The largest absolute Gasteiger partial charge is 0.504 e. The Hall–Kier alpha value is -2.30. The minimum atomic E-state index is -0.241. The van der Waals surface area contributed by atoms with Gasteiger partial charge in [0.1, 0.15) is 0 Å². The first-order valence-electron chi connectivity index (χ1n) is 6.21. The summed E-state index contributed by atoms with van der Waals surface area (Å²) in [5.41, 5.74) is 2.26. The van der Waals surface area contributed by atoms with Crippen LogP contribution >= 0.6 is 0 Å². The van der Waals surface area contributed by atoms with E-state index in [9.17, 15) is 15.0 Å². The number of aromatic amines is 1. The maximum Gasteiger partial charge on any atom is 0.166 e. The second-order valence-corrected chi connectivity index (χ2v) is 4.88. The smallest absolute Gasteiger partial charge is 0.166 e. The van der Waals surface area contributed by atoms with Crippen molar-refractivity contribution in [3.63, 3.8) is 0 Å². The van der Waals surface area contributed by atoms with E-state index in [4.69, 9.17) is 0 Å². The summed E-state index contributed by atoms with van der Waals surface area (Å²) in [4.78, 5) is 19.3. The van der Waals surface area contributed by atoms with Crippen LogP contribution in [0.3, 0.4) is 0 Å². The first kappa shape index (κ1) is 11.8. The number of phenols is 2. The van der Waals surface area contributed by atoms with Gasteiger partial charge in [0.2, 0.25) is 0 Å². The van der Waals surface area contributed by atoms with Crippen molar-refractivity contribution in [1.29, 1.82) is 0 Å². The van der Waals surface area contributed by atoms with E-state index in [1.165, 1.54) is 12.1 Å². The molecule has 0 aliphatic heterocycles. The molecule has 0 saturated heterocycles. The van der Waals surface area contributed by atoms with E-state index in [1.54, 1.807) is 12.5 Å². The van der Waals surface area contributed by atoms with Gasteiger partial charge in [0.05, 0.1) is 6.33 Å². The lowest BCUT2D eigenvalue weighted by atomic mass is 9.80. The first-order valence-corrected chi connectivity index (χ1v) is 6.21. The molecule has 1 aromatic heterocycles. The number of Topliss-reactive ketones (excluding diaryl/α,β-unsaturated/α-hetero) is 1. The molecule has 1 aromatic carbocycles. The predicted molar refractivity (Wildman–Crippen MR) is 68.2 cm³/mol. The predicted octanol–water partition coefficient (Wildman–Crippen LogP) is 1.81. The molecule has 5 heteroatoms. The fourth-order valence-corrected chi connectivity index (χ4v) is 2.59. The monoisotopic (exact) mass is 258 g/mol. The van der Waals surface area contributed by atoms with E-state index in [0.29, 0.717) is 12.0 Å². The topological polar surface area (TPSA) is 86.2 Å². The fourth-order valence-electron chi connectivity index (χ4n) is 2.59. The van der Waals surface area contributed by atoms with Crippen LogP contribution in [0, 0.1) is 5.92 Å². The van der Waals surface area contributed by atoms with Crippen molar-refractivity contribution < 1.29 is 15.0 Å². The summed E-state index contributed by atoms with van der Waals surface area (Å²) in [7, 11) is 0. The van der Waals surface area contributed by atoms with Crippen LogP contribution in [0.15, 0.2) is 24.7 Å². The van der Waals surface area contributed by atoms with Crippen molar-refractivity contribution in [3.8, 4) is 11.5 Å². The Morgan fingerprint density at radius 2 is 2.11 bits per heavy atom. The molecule has 5 nitrogen and oxygen atoms in total. The number of ketones is 1. The number of H-pyrrole nitrogens is 1. The molecule has 0 amide bonds. The Kier molecular flexibility index (Phi) is 2.74. The lowest BCUT2D eigenvalue weighted by Crippen LogP contribution is -2.24. The van der Waals surface area contributed by atoms with Crippen LogP contribution in [0.1, 0.15) is 28.0 Å². The third-order valence-corrected chi connectivity index (χ3v) is 3.62. The number of rotatable bonds is 2. The Bertz CT molecular complexity index is 620. The number of aromatic nitrogens is 2. The van der Waals surface area contributed by atoms with Crippen LogP contribution in [-0.4, -0.2) is 26.0 Å². The van der Waals surface area contributed by atoms with E-state index in [-0.39, 0.29) is 23.2 Å². The Morgan fingerprint density at radius 1 is 1.32 bits per heavy atom. The van der Waals surface area contributed by atoms with Crippen molar-refractivity contribution in [1.82, 2.24) is 9.97 Å². The van der Waals surface area contributed by atoms with Crippen LogP contribution in [0.2, 0.25) is 0 Å². The summed E-state index contributed by atoms with van der Waals surface area (Å²) < 4.78 is 0. The normalized spacial score (nSPS) is 18.3. The van der Waals surface area contributed by atoms with Crippen molar-refractivity contribution in [2.24, 2.45) is 5.92 Å². The number of aryl methyl sites for hydroxylation is 1. The number of aromatic hydroxyl groups is 2. The number of hydrogen-bond acceptors (Lipinski definition) is 4. The van der Waals surface area contributed by atoms with Crippen LogP contribution in [-0.2, 0) is 12.8 Å². The number of nitrogens with zero attached hydrogens (tertiary/aromatic N) is 1. The van der Waals surface area contributed by atoms with E-state index < -0.39 is 0 Å². The summed E-state index contributed by atoms with van der Waals surface area (Å²) >= 11 is 0. The van der Waals surface area contributed by atoms with Gasteiger partial charge in [0, 0.05) is 23.4 Å². The standard InChI is InChI=1S/C14H14N2O3/c17-12-4-8-1-2-9(3-10-6-15-7-16-10)14(19)11(8)5-13(12)18/h4-7,9,17-18H,1-3H2,(H,15,16). The molecule has 3 rings (SSSR count). The number of nitrogens with one attached hydrogen (secondary N) is 1. The highest BCUT2D eigenvalue weighted by Gasteiger charge is 2.28. The molecule has 1 aliphatic carbocycles. The quantitative estimate of drug-likeness (QED) is 0.717. The zero-order chi connectivity index (χ0) is 13.4. The number of hydrogen-bond donors (Lipinski definition) is 3. The van der Waals surface area contributed by atoms with E-state index in [1.807, 2.05) is 0 Å². The highest BCUT2D eigenvalue weighted by molar-refractivity contribution is 6.01. The molecule has 2 aromatic rings. The summed E-state index contributed by atoms with van der Waals surface area (Å²) in [6, 6.07) is 2.85. The van der Waals surface area contributed by atoms with Crippen molar-refractivity contribution in [3.05, 3.63) is 41.5 Å². The van der Waals surface area contributed by atoms with Crippen LogP contribution in [0.4, 0.5) is 0 Å². The number of phenolic OH excluding ortho intramolecular Hbond substituents is 2. The summed E-state index contributed by atoms with van der Waals surface area (Å²) in [5, 5.41) is 19.0. The van der Waals surface area contributed by atoms with Gasteiger partial charge in [-0.15, -0.1) is 0 Å². The van der Waals surface area contributed by atoms with Gasteiger partial charge in [0.15, 0.2) is 17.3 Å². The number of benzene rings is 1. The van der Waals surface area contributed by atoms with E-state index in [2.05, 4.69) is 9.97 Å². The van der Waals surface area contributed by atoms with Gasteiger partial charge in [-0.2, -0.15) is 0 Å². The van der Waals surface area contributed by atoms with Crippen LogP contribution < -0.4 is 0 Å².